The first kappa shape index (κ1) is 19.1. The van der Waals surface area contributed by atoms with Crippen LogP contribution in [0.4, 0.5) is 10.1 Å². The highest BCUT2D eigenvalue weighted by Gasteiger charge is 2.18. The van der Waals surface area contributed by atoms with Gasteiger partial charge in [0.25, 0.3) is 5.91 Å². The highest BCUT2D eigenvalue weighted by Crippen LogP contribution is 2.31. The third kappa shape index (κ3) is 3.59. The summed E-state index contributed by atoms with van der Waals surface area (Å²) >= 11 is 7.20. The molecule has 0 unspecified atom stereocenters. The van der Waals surface area contributed by atoms with E-state index in [1.54, 1.807) is 28.9 Å². The molecule has 2 aromatic carbocycles. The topological polar surface area (TPSA) is 90.0 Å². The summed E-state index contributed by atoms with van der Waals surface area (Å²) in [5.74, 6) is -1.35. The van der Waals surface area contributed by atoms with Crippen molar-refractivity contribution >= 4 is 50.7 Å². The Labute approximate surface area is 173 Å². The van der Waals surface area contributed by atoms with E-state index in [0.29, 0.717) is 16.3 Å². The van der Waals surface area contributed by atoms with Gasteiger partial charge < -0.3 is 11.1 Å². The van der Waals surface area contributed by atoms with Crippen LogP contribution in [0.3, 0.4) is 0 Å². The van der Waals surface area contributed by atoms with Crippen LogP contribution in [0.1, 0.15) is 25.7 Å². The molecular weight excluding hydrogens is 415 g/mol. The Hall–Kier alpha value is -3.23. The van der Waals surface area contributed by atoms with Gasteiger partial charge in [0.05, 0.1) is 26.8 Å². The molecule has 4 rings (SSSR count). The van der Waals surface area contributed by atoms with Crippen molar-refractivity contribution in [3.63, 3.8) is 0 Å². The van der Waals surface area contributed by atoms with Crippen molar-refractivity contribution in [1.29, 1.82) is 0 Å². The van der Waals surface area contributed by atoms with Crippen LogP contribution in [0.25, 0.3) is 15.9 Å². The van der Waals surface area contributed by atoms with Crippen LogP contribution < -0.4 is 11.1 Å². The molecule has 0 fully saturated rings. The van der Waals surface area contributed by atoms with Crippen molar-refractivity contribution in [2.24, 2.45) is 5.73 Å². The van der Waals surface area contributed by atoms with Gasteiger partial charge in [0, 0.05) is 11.1 Å². The molecule has 0 saturated carbocycles. The number of aryl methyl sites for hydroxylation is 1. The second-order valence-electron chi connectivity index (χ2n) is 6.32. The molecule has 2 heterocycles. The zero-order valence-corrected chi connectivity index (χ0v) is 16.6. The number of nitrogens with zero attached hydrogens (tertiary/aromatic N) is 2. The first-order valence-electron chi connectivity index (χ1n) is 8.49. The maximum Gasteiger partial charge on any atom is 0.265 e. The second-order valence-corrected chi connectivity index (χ2v) is 7.75. The van der Waals surface area contributed by atoms with Crippen molar-refractivity contribution in [3.05, 3.63) is 75.5 Å². The van der Waals surface area contributed by atoms with Crippen molar-refractivity contribution in [2.45, 2.75) is 6.92 Å². The van der Waals surface area contributed by atoms with Crippen LogP contribution in [0.15, 0.2) is 48.5 Å². The summed E-state index contributed by atoms with van der Waals surface area (Å²) in [6, 6.07) is 12.2. The predicted octanol–water partition coefficient (Wildman–Crippen LogP) is 4.54. The summed E-state index contributed by atoms with van der Waals surface area (Å²) in [5, 5.41) is 8.27. The number of hydrogen-bond donors (Lipinski definition) is 2. The van der Waals surface area contributed by atoms with E-state index in [1.807, 2.05) is 6.92 Å². The summed E-state index contributed by atoms with van der Waals surface area (Å²) in [6.07, 6.45) is 0. The van der Waals surface area contributed by atoms with E-state index in [4.69, 9.17) is 17.3 Å². The van der Waals surface area contributed by atoms with Crippen molar-refractivity contribution in [2.75, 3.05) is 5.32 Å². The maximum atomic E-state index is 13.2. The van der Waals surface area contributed by atoms with E-state index in [0.717, 1.165) is 15.9 Å². The Balaban J connectivity index is 1.67. The number of carbonyl (C=O) groups is 2. The Morgan fingerprint density at radius 1 is 1.17 bits per heavy atom. The molecule has 9 heteroatoms. The number of amides is 2. The van der Waals surface area contributed by atoms with Gasteiger partial charge in [-0.3, -0.25) is 9.59 Å². The van der Waals surface area contributed by atoms with E-state index in [9.17, 15) is 14.0 Å². The number of aromatic nitrogens is 2. The quantitative estimate of drug-likeness (QED) is 0.500. The number of anilines is 1. The van der Waals surface area contributed by atoms with Gasteiger partial charge in [0.2, 0.25) is 5.91 Å². The molecule has 0 aliphatic rings. The molecule has 0 saturated heterocycles. The average molecular weight is 429 g/mol. The van der Waals surface area contributed by atoms with E-state index in [2.05, 4.69) is 10.4 Å². The standard InChI is InChI=1S/C20H14ClFN4O2S/c1-10-14-9-17(19(28)24-12-4-7-16(21)15(8-12)18(23)27)29-20(14)26(25-10)13-5-2-11(22)3-6-13/h2-9H,1H3,(H2,23,27)(H,24,28). The molecule has 0 bridgehead atoms. The Bertz CT molecular complexity index is 1260. The summed E-state index contributed by atoms with van der Waals surface area (Å²) in [5.41, 5.74) is 7.28. The SMILES string of the molecule is Cc1nn(-c2ccc(F)cc2)c2sc(C(=O)Nc3ccc(Cl)c(C(N)=O)c3)cc12. The fraction of sp³-hybridized carbons (Fsp3) is 0.0500. The molecular formula is C20H14ClFN4O2S. The lowest BCUT2D eigenvalue weighted by Crippen LogP contribution is -2.14. The predicted molar refractivity (Wildman–Crippen MR) is 112 cm³/mol. The van der Waals surface area contributed by atoms with Gasteiger partial charge in [0.15, 0.2) is 0 Å². The fourth-order valence-corrected chi connectivity index (χ4v) is 4.19. The normalized spacial score (nSPS) is 11.0. The number of hydrogen-bond acceptors (Lipinski definition) is 4. The van der Waals surface area contributed by atoms with Crippen molar-refractivity contribution < 1.29 is 14.0 Å². The van der Waals surface area contributed by atoms with Crippen LogP contribution >= 0.6 is 22.9 Å². The largest absolute Gasteiger partial charge is 0.366 e. The first-order chi connectivity index (χ1) is 13.8. The third-order valence-corrected chi connectivity index (χ3v) is 5.77. The summed E-state index contributed by atoms with van der Waals surface area (Å²) < 4.78 is 14.9. The number of rotatable bonds is 4. The molecule has 6 nitrogen and oxygen atoms in total. The molecule has 2 aromatic heterocycles. The van der Waals surface area contributed by atoms with Crippen molar-refractivity contribution in [1.82, 2.24) is 9.78 Å². The van der Waals surface area contributed by atoms with Crippen molar-refractivity contribution in [3.8, 4) is 5.69 Å². The number of carbonyl (C=O) groups excluding carboxylic acids is 2. The smallest absolute Gasteiger partial charge is 0.265 e. The van der Waals surface area contributed by atoms with Crippen LogP contribution in [-0.4, -0.2) is 21.6 Å². The zero-order chi connectivity index (χ0) is 20.7. The average Bonchev–Trinajstić information content (AvgIpc) is 3.25. The molecule has 0 radical (unpaired) electrons. The molecule has 2 amide bonds. The first-order valence-corrected chi connectivity index (χ1v) is 9.69. The fourth-order valence-electron chi connectivity index (χ4n) is 2.90. The van der Waals surface area contributed by atoms with E-state index in [1.165, 1.54) is 35.6 Å². The molecule has 0 spiro atoms. The lowest BCUT2D eigenvalue weighted by atomic mass is 10.2. The molecule has 0 atom stereocenters. The second kappa shape index (κ2) is 7.31. The van der Waals surface area contributed by atoms with E-state index < -0.39 is 5.91 Å². The van der Waals surface area contributed by atoms with Gasteiger partial charge in [-0.25, -0.2) is 9.07 Å². The number of primary amides is 1. The van der Waals surface area contributed by atoms with Gasteiger partial charge in [-0.1, -0.05) is 11.6 Å². The zero-order valence-electron chi connectivity index (χ0n) is 15.1. The summed E-state index contributed by atoms with van der Waals surface area (Å²) in [4.78, 5) is 25.4. The molecule has 0 aliphatic heterocycles. The van der Waals surface area contributed by atoms with Gasteiger partial charge in [-0.15, -0.1) is 11.3 Å². The number of thiophene rings is 1. The van der Waals surface area contributed by atoms with Crippen LogP contribution in [0.2, 0.25) is 5.02 Å². The lowest BCUT2D eigenvalue weighted by molar-refractivity contribution is 0.0996. The minimum Gasteiger partial charge on any atom is -0.366 e. The number of nitrogens with one attached hydrogen (secondary N) is 1. The summed E-state index contributed by atoms with van der Waals surface area (Å²) in [7, 11) is 0. The minimum absolute atomic E-state index is 0.128. The van der Waals surface area contributed by atoms with E-state index in [-0.39, 0.29) is 22.3 Å². The Kier molecular flexibility index (Phi) is 4.81. The number of benzene rings is 2. The lowest BCUT2D eigenvalue weighted by Gasteiger charge is -2.06. The maximum absolute atomic E-state index is 13.2. The highest BCUT2D eigenvalue weighted by atomic mass is 35.5. The van der Waals surface area contributed by atoms with Crippen LogP contribution in [0.5, 0.6) is 0 Å². The third-order valence-electron chi connectivity index (χ3n) is 4.33. The molecule has 146 valence electrons. The Morgan fingerprint density at radius 2 is 1.90 bits per heavy atom. The number of nitrogens with two attached hydrogens (primary N) is 1. The minimum atomic E-state index is -0.678. The molecule has 29 heavy (non-hydrogen) atoms. The number of fused-ring (bicyclic) bond motifs is 1. The van der Waals surface area contributed by atoms with Crippen LogP contribution in [-0.2, 0) is 0 Å². The van der Waals surface area contributed by atoms with Crippen LogP contribution in [0, 0.1) is 12.7 Å². The molecule has 4 aromatic rings. The Morgan fingerprint density at radius 3 is 2.59 bits per heavy atom. The monoisotopic (exact) mass is 428 g/mol. The highest BCUT2D eigenvalue weighted by molar-refractivity contribution is 7.20. The van der Waals surface area contributed by atoms with Gasteiger partial charge >= 0.3 is 0 Å². The van der Waals surface area contributed by atoms with Gasteiger partial charge in [0.1, 0.15) is 10.6 Å². The van der Waals surface area contributed by atoms with E-state index >= 15 is 0 Å². The molecule has 3 N–H and O–H groups in total. The number of halogens is 2. The molecule has 0 aliphatic carbocycles. The van der Waals surface area contributed by atoms with Gasteiger partial charge in [-0.2, -0.15) is 5.10 Å². The summed E-state index contributed by atoms with van der Waals surface area (Å²) in [6.45, 7) is 1.84. The van der Waals surface area contributed by atoms with Gasteiger partial charge in [-0.05, 0) is 55.5 Å².